The fraction of sp³-hybridized carbons (Fsp3) is 0.588. The third-order valence-electron chi connectivity index (χ3n) is 4.24. The van der Waals surface area contributed by atoms with E-state index in [4.69, 9.17) is 9.47 Å². The van der Waals surface area contributed by atoms with Gasteiger partial charge >= 0.3 is 0 Å². The summed E-state index contributed by atoms with van der Waals surface area (Å²) in [6.45, 7) is 4.05. The number of amides is 1. The summed E-state index contributed by atoms with van der Waals surface area (Å²) < 4.78 is 11.3. The number of ether oxygens (including phenoxy) is 2. The lowest BCUT2D eigenvalue weighted by Gasteiger charge is -2.11. The second kappa shape index (κ2) is 8.99. The van der Waals surface area contributed by atoms with Crippen LogP contribution < -0.4 is 20.1 Å². The zero-order valence-corrected chi connectivity index (χ0v) is 14.1. The van der Waals surface area contributed by atoms with Crippen LogP contribution in [0.5, 0.6) is 11.5 Å². The lowest BCUT2D eigenvalue weighted by molar-refractivity contribution is -0.121. The molecule has 2 heterocycles. The molecule has 0 bridgehead atoms. The summed E-state index contributed by atoms with van der Waals surface area (Å²) in [5.74, 6) is 2.35. The van der Waals surface area contributed by atoms with Gasteiger partial charge in [0.25, 0.3) is 0 Å². The van der Waals surface area contributed by atoms with Crippen molar-refractivity contribution in [3.8, 4) is 11.5 Å². The second-order valence-electron chi connectivity index (χ2n) is 6.01. The van der Waals surface area contributed by atoms with Gasteiger partial charge in [0, 0.05) is 19.4 Å². The van der Waals surface area contributed by atoms with Gasteiger partial charge in [0.15, 0.2) is 11.5 Å². The zero-order chi connectivity index (χ0) is 15.2. The van der Waals surface area contributed by atoms with Crippen LogP contribution in [0.3, 0.4) is 0 Å². The van der Waals surface area contributed by atoms with Crippen molar-refractivity contribution in [2.24, 2.45) is 5.92 Å². The first-order valence-corrected chi connectivity index (χ1v) is 8.17. The van der Waals surface area contributed by atoms with Crippen LogP contribution in [0, 0.1) is 5.92 Å². The maximum atomic E-state index is 11.9. The Morgan fingerprint density at radius 1 is 1.26 bits per heavy atom. The summed E-state index contributed by atoms with van der Waals surface area (Å²) in [7, 11) is 0. The summed E-state index contributed by atoms with van der Waals surface area (Å²) >= 11 is 0. The van der Waals surface area contributed by atoms with E-state index in [1.165, 1.54) is 6.42 Å². The molecule has 2 N–H and O–H groups in total. The summed E-state index contributed by atoms with van der Waals surface area (Å²) in [4.78, 5) is 11.9. The van der Waals surface area contributed by atoms with Crippen molar-refractivity contribution in [2.45, 2.75) is 32.2 Å². The standard InChI is InChI=1S/C17H24N2O3.ClH/c20-17(5-3-13-6-7-18-11-13)19-12-14-2-4-15-16(10-14)22-9-1-8-21-15;/h2,4,10,13,18H,1,3,5-9,11-12H2,(H,19,20);1H. The third-order valence-corrected chi connectivity index (χ3v) is 4.24. The highest BCUT2D eigenvalue weighted by molar-refractivity contribution is 5.85. The Kier molecular flexibility index (Phi) is 6.99. The van der Waals surface area contributed by atoms with E-state index in [0.29, 0.717) is 32.1 Å². The van der Waals surface area contributed by atoms with Gasteiger partial charge in [-0.05, 0) is 49.5 Å². The number of benzene rings is 1. The first kappa shape index (κ1) is 17.9. The van der Waals surface area contributed by atoms with Gasteiger partial charge in [0.05, 0.1) is 13.2 Å². The summed E-state index contributed by atoms with van der Waals surface area (Å²) in [6.07, 6.45) is 3.67. The zero-order valence-electron chi connectivity index (χ0n) is 13.3. The molecule has 1 saturated heterocycles. The fourth-order valence-electron chi connectivity index (χ4n) is 2.90. The van der Waals surface area contributed by atoms with Crippen LogP contribution in [-0.4, -0.2) is 32.2 Å². The van der Waals surface area contributed by atoms with Crippen molar-refractivity contribution >= 4 is 18.3 Å². The van der Waals surface area contributed by atoms with E-state index in [1.54, 1.807) is 0 Å². The molecule has 1 aromatic carbocycles. The van der Waals surface area contributed by atoms with E-state index in [2.05, 4.69) is 10.6 Å². The number of fused-ring (bicyclic) bond motifs is 1. The average Bonchev–Trinajstić information content (AvgIpc) is 2.95. The van der Waals surface area contributed by atoms with Gasteiger partial charge in [-0.25, -0.2) is 0 Å². The van der Waals surface area contributed by atoms with E-state index in [-0.39, 0.29) is 18.3 Å². The molecule has 128 valence electrons. The minimum atomic E-state index is 0. The smallest absolute Gasteiger partial charge is 0.220 e. The quantitative estimate of drug-likeness (QED) is 0.863. The Morgan fingerprint density at radius 2 is 2.09 bits per heavy atom. The summed E-state index contributed by atoms with van der Waals surface area (Å²) in [6, 6.07) is 5.86. The molecule has 0 saturated carbocycles. The van der Waals surface area contributed by atoms with Crippen molar-refractivity contribution in [1.29, 1.82) is 0 Å². The molecule has 1 amide bonds. The van der Waals surface area contributed by atoms with E-state index in [9.17, 15) is 4.79 Å². The highest BCUT2D eigenvalue weighted by Crippen LogP contribution is 2.30. The number of nitrogens with one attached hydrogen (secondary N) is 2. The monoisotopic (exact) mass is 340 g/mol. The third kappa shape index (κ3) is 5.29. The highest BCUT2D eigenvalue weighted by atomic mass is 35.5. The Balaban J connectivity index is 0.00000192. The maximum Gasteiger partial charge on any atom is 0.220 e. The van der Waals surface area contributed by atoms with E-state index < -0.39 is 0 Å². The van der Waals surface area contributed by atoms with E-state index in [0.717, 1.165) is 43.0 Å². The van der Waals surface area contributed by atoms with Crippen LogP contribution in [0.4, 0.5) is 0 Å². The van der Waals surface area contributed by atoms with Crippen molar-refractivity contribution in [2.75, 3.05) is 26.3 Å². The topological polar surface area (TPSA) is 59.6 Å². The van der Waals surface area contributed by atoms with Crippen molar-refractivity contribution < 1.29 is 14.3 Å². The van der Waals surface area contributed by atoms with Crippen LogP contribution >= 0.6 is 12.4 Å². The molecule has 1 atom stereocenters. The molecule has 5 nitrogen and oxygen atoms in total. The molecule has 0 aromatic heterocycles. The number of hydrogen-bond acceptors (Lipinski definition) is 4. The SMILES string of the molecule is Cl.O=C(CCC1CCNC1)NCc1ccc2c(c1)OCCCO2. The molecule has 3 rings (SSSR count). The van der Waals surface area contributed by atoms with Gasteiger partial charge in [0.1, 0.15) is 0 Å². The largest absolute Gasteiger partial charge is 0.490 e. The first-order valence-electron chi connectivity index (χ1n) is 8.17. The molecular weight excluding hydrogens is 316 g/mol. The minimum absolute atomic E-state index is 0. The number of halogens is 1. The lowest BCUT2D eigenvalue weighted by atomic mass is 10.0. The predicted molar refractivity (Wildman–Crippen MR) is 91.4 cm³/mol. The van der Waals surface area contributed by atoms with Gasteiger partial charge in [-0.3, -0.25) is 4.79 Å². The van der Waals surface area contributed by atoms with E-state index >= 15 is 0 Å². The van der Waals surface area contributed by atoms with Gasteiger partial charge in [-0.15, -0.1) is 12.4 Å². The summed E-state index contributed by atoms with van der Waals surface area (Å²) in [5.41, 5.74) is 1.04. The minimum Gasteiger partial charge on any atom is -0.490 e. The first-order chi connectivity index (χ1) is 10.8. The second-order valence-corrected chi connectivity index (χ2v) is 6.01. The predicted octanol–water partition coefficient (Wildman–Crippen LogP) is 2.28. The Hall–Kier alpha value is -1.46. The average molecular weight is 341 g/mol. The lowest BCUT2D eigenvalue weighted by Crippen LogP contribution is -2.23. The van der Waals surface area contributed by atoms with Crippen LogP contribution in [0.1, 0.15) is 31.2 Å². The fourth-order valence-corrected chi connectivity index (χ4v) is 2.90. The molecule has 1 unspecified atom stereocenters. The molecule has 0 aliphatic carbocycles. The van der Waals surface area contributed by atoms with Crippen LogP contribution in [0.25, 0.3) is 0 Å². The molecule has 0 spiro atoms. The Morgan fingerprint density at radius 3 is 2.87 bits per heavy atom. The van der Waals surface area contributed by atoms with Crippen molar-refractivity contribution in [1.82, 2.24) is 10.6 Å². The van der Waals surface area contributed by atoms with Gasteiger partial charge < -0.3 is 20.1 Å². The van der Waals surface area contributed by atoms with Crippen LogP contribution in [-0.2, 0) is 11.3 Å². The number of hydrogen-bond donors (Lipinski definition) is 2. The molecule has 1 aromatic rings. The van der Waals surface area contributed by atoms with Gasteiger partial charge in [0.2, 0.25) is 5.91 Å². The number of rotatable bonds is 5. The van der Waals surface area contributed by atoms with E-state index in [1.807, 2.05) is 18.2 Å². The van der Waals surface area contributed by atoms with Crippen LogP contribution in [0.15, 0.2) is 18.2 Å². The molecule has 1 fully saturated rings. The van der Waals surface area contributed by atoms with Gasteiger partial charge in [-0.2, -0.15) is 0 Å². The van der Waals surface area contributed by atoms with Crippen molar-refractivity contribution in [3.63, 3.8) is 0 Å². The maximum absolute atomic E-state index is 11.9. The Bertz CT molecular complexity index is 519. The molecular formula is C17H25ClN2O3. The number of carbonyl (C=O) groups is 1. The van der Waals surface area contributed by atoms with Gasteiger partial charge in [-0.1, -0.05) is 6.07 Å². The molecule has 23 heavy (non-hydrogen) atoms. The van der Waals surface area contributed by atoms with Crippen LogP contribution in [0.2, 0.25) is 0 Å². The highest BCUT2D eigenvalue weighted by Gasteiger charge is 2.16. The van der Waals surface area contributed by atoms with Crippen molar-refractivity contribution in [3.05, 3.63) is 23.8 Å². The number of carbonyl (C=O) groups excluding carboxylic acids is 1. The molecule has 2 aliphatic rings. The normalized spacial score (nSPS) is 19.6. The summed E-state index contributed by atoms with van der Waals surface area (Å²) in [5, 5.41) is 6.32. The Labute approximate surface area is 143 Å². The molecule has 6 heteroatoms. The molecule has 2 aliphatic heterocycles. The molecule has 0 radical (unpaired) electrons.